The fourth-order valence-corrected chi connectivity index (χ4v) is 3.40. The molecular weight excluding hydrogens is 368 g/mol. The molecule has 0 spiro atoms. The fraction of sp³-hybridized carbons (Fsp3) is 0.115. The fourth-order valence-electron chi connectivity index (χ4n) is 3.40. The van der Waals surface area contributed by atoms with Crippen LogP contribution in [0.3, 0.4) is 0 Å². The van der Waals surface area contributed by atoms with Gasteiger partial charge in [-0.15, -0.1) is 0 Å². The zero-order valence-electron chi connectivity index (χ0n) is 17.1. The summed E-state index contributed by atoms with van der Waals surface area (Å²) >= 11 is 0. The highest BCUT2D eigenvalue weighted by molar-refractivity contribution is 5.79. The first-order chi connectivity index (χ1) is 14.6. The summed E-state index contributed by atoms with van der Waals surface area (Å²) < 4.78 is 1.90. The molecule has 150 valence electrons. The van der Waals surface area contributed by atoms with Gasteiger partial charge in [0.1, 0.15) is 0 Å². The van der Waals surface area contributed by atoms with Crippen LogP contribution < -0.4 is 11.5 Å². The van der Waals surface area contributed by atoms with E-state index in [-0.39, 0.29) is 0 Å². The lowest BCUT2D eigenvalue weighted by molar-refractivity contribution is 0.884. The molecule has 0 atom stereocenters. The minimum atomic E-state index is 0.737. The second-order valence-electron chi connectivity index (χ2n) is 7.42. The third-order valence-electron chi connectivity index (χ3n) is 5.06. The molecule has 0 fully saturated rings. The molecule has 30 heavy (non-hydrogen) atoms. The van der Waals surface area contributed by atoms with Gasteiger partial charge in [-0.1, -0.05) is 61.9 Å². The van der Waals surface area contributed by atoms with Crippen LogP contribution in [0, 0.1) is 0 Å². The molecule has 0 aliphatic carbocycles. The standard InChI is InChI=1S/C26H26N4/c1-2-3-19-4-9-21(10-5-19)26-22(11-6-20-7-12-23(27)13-8-20)18-30(29-26)25-16-14-24(28)15-17-25/h4-18H,2-3,27-28H2,1H3. The summed E-state index contributed by atoms with van der Waals surface area (Å²) in [5.41, 5.74) is 19.6. The molecule has 4 rings (SSSR count). The Morgan fingerprint density at radius 3 is 2.07 bits per heavy atom. The average Bonchev–Trinajstić information content (AvgIpc) is 3.19. The molecule has 0 aliphatic heterocycles. The number of anilines is 2. The van der Waals surface area contributed by atoms with Gasteiger partial charge in [-0.05, 0) is 53.9 Å². The summed E-state index contributed by atoms with van der Waals surface area (Å²) in [4.78, 5) is 0. The quantitative estimate of drug-likeness (QED) is 0.404. The van der Waals surface area contributed by atoms with Crippen molar-refractivity contribution in [1.29, 1.82) is 0 Å². The SMILES string of the molecule is CCCc1ccc(-c2nn(-c3ccc(N)cc3)cc2C=Cc2ccc(N)cc2)cc1. The smallest absolute Gasteiger partial charge is 0.0999 e. The van der Waals surface area contributed by atoms with E-state index >= 15 is 0 Å². The summed E-state index contributed by atoms with van der Waals surface area (Å²) in [5.74, 6) is 0. The van der Waals surface area contributed by atoms with Gasteiger partial charge in [-0.25, -0.2) is 4.68 Å². The molecule has 4 heteroatoms. The van der Waals surface area contributed by atoms with Crippen molar-refractivity contribution in [3.05, 3.63) is 95.7 Å². The Morgan fingerprint density at radius 2 is 1.43 bits per heavy atom. The first-order valence-corrected chi connectivity index (χ1v) is 10.2. The summed E-state index contributed by atoms with van der Waals surface area (Å²) in [6.07, 6.45) is 8.46. The van der Waals surface area contributed by atoms with E-state index in [1.54, 1.807) is 0 Å². The number of hydrogen-bond donors (Lipinski definition) is 2. The van der Waals surface area contributed by atoms with Crippen LogP contribution in [0.15, 0.2) is 79.0 Å². The molecule has 0 amide bonds. The van der Waals surface area contributed by atoms with E-state index in [0.717, 1.165) is 52.3 Å². The Bertz CT molecular complexity index is 1140. The van der Waals surface area contributed by atoms with Crippen LogP contribution in [-0.2, 0) is 6.42 Å². The molecule has 4 aromatic rings. The van der Waals surface area contributed by atoms with Crippen molar-refractivity contribution in [2.45, 2.75) is 19.8 Å². The van der Waals surface area contributed by atoms with Crippen molar-refractivity contribution in [3.8, 4) is 16.9 Å². The van der Waals surface area contributed by atoms with Crippen LogP contribution >= 0.6 is 0 Å². The van der Waals surface area contributed by atoms with Gasteiger partial charge in [0.05, 0.1) is 11.4 Å². The molecule has 4 nitrogen and oxygen atoms in total. The predicted octanol–water partition coefficient (Wildman–Crippen LogP) is 5.83. The largest absolute Gasteiger partial charge is 0.399 e. The Morgan fingerprint density at radius 1 is 0.800 bits per heavy atom. The maximum Gasteiger partial charge on any atom is 0.0999 e. The van der Waals surface area contributed by atoms with E-state index in [2.05, 4.69) is 49.5 Å². The molecule has 0 aliphatic rings. The molecular formula is C26H26N4. The van der Waals surface area contributed by atoms with Crippen LogP contribution in [0.1, 0.15) is 30.0 Å². The van der Waals surface area contributed by atoms with Gasteiger partial charge < -0.3 is 11.5 Å². The molecule has 3 aromatic carbocycles. The van der Waals surface area contributed by atoms with E-state index in [4.69, 9.17) is 16.6 Å². The van der Waals surface area contributed by atoms with E-state index in [0.29, 0.717) is 0 Å². The highest BCUT2D eigenvalue weighted by Crippen LogP contribution is 2.26. The average molecular weight is 395 g/mol. The van der Waals surface area contributed by atoms with Gasteiger partial charge in [0, 0.05) is 28.7 Å². The first kappa shape index (κ1) is 19.5. The number of nitrogens with two attached hydrogens (primary N) is 2. The summed E-state index contributed by atoms with van der Waals surface area (Å²) in [6, 6.07) is 24.3. The second-order valence-corrected chi connectivity index (χ2v) is 7.42. The second kappa shape index (κ2) is 8.70. The highest BCUT2D eigenvalue weighted by atomic mass is 15.3. The molecule has 1 aromatic heterocycles. The van der Waals surface area contributed by atoms with Crippen LogP contribution in [-0.4, -0.2) is 9.78 Å². The lowest BCUT2D eigenvalue weighted by Crippen LogP contribution is -1.95. The van der Waals surface area contributed by atoms with Crippen molar-refractivity contribution in [2.75, 3.05) is 11.5 Å². The van der Waals surface area contributed by atoms with Gasteiger partial charge in [0.25, 0.3) is 0 Å². The lowest BCUT2D eigenvalue weighted by Gasteiger charge is -2.03. The maximum absolute atomic E-state index is 5.84. The lowest BCUT2D eigenvalue weighted by atomic mass is 10.0. The number of benzene rings is 3. The molecule has 1 heterocycles. The van der Waals surface area contributed by atoms with Crippen molar-refractivity contribution < 1.29 is 0 Å². The monoisotopic (exact) mass is 394 g/mol. The Labute approximate surface area is 177 Å². The molecule has 0 saturated carbocycles. The third kappa shape index (κ3) is 4.44. The third-order valence-corrected chi connectivity index (χ3v) is 5.06. The topological polar surface area (TPSA) is 69.9 Å². The Kier molecular flexibility index (Phi) is 5.66. The zero-order valence-corrected chi connectivity index (χ0v) is 17.1. The molecule has 0 saturated heterocycles. The van der Waals surface area contributed by atoms with Gasteiger partial charge >= 0.3 is 0 Å². The van der Waals surface area contributed by atoms with Crippen molar-refractivity contribution >= 4 is 23.5 Å². The number of aromatic nitrogens is 2. The van der Waals surface area contributed by atoms with Crippen LogP contribution in [0.5, 0.6) is 0 Å². The van der Waals surface area contributed by atoms with E-state index in [1.165, 1.54) is 5.56 Å². The van der Waals surface area contributed by atoms with Crippen molar-refractivity contribution in [1.82, 2.24) is 9.78 Å². The number of nitrogen functional groups attached to an aromatic ring is 2. The molecule has 0 unspecified atom stereocenters. The van der Waals surface area contributed by atoms with Gasteiger partial charge in [0.2, 0.25) is 0 Å². The number of nitrogens with zero attached hydrogens (tertiary/aromatic N) is 2. The van der Waals surface area contributed by atoms with Gasteiger partial charge in [0.15, 0.2) is 0 Å². The van der Waals surface area contributed by atoms with Crippen molar-refractivity contribution in [2.24, 2.45) is 0 Å². The first-order valence-electron chi connectivity index (χ1n) is 10.2. The van der Waals surface area contributed by atoms with Crippen LogP contribution in [0.4, 0.5) is 11.4 Å². The van der Waals surface area contributed by atoms with Crippen LogP contribution in [0.2, 0.25) is 0 Å². The van der Waals surface area contributed by atoms with E-state index < -0.39 is 0 Å². The predicted molar refractivity (Wildman–Crippen MR) is 127 cm³/mol. The van der Waals surface area contributed by atoms with E-state index in [9.17, 15) is 0 Å². The van der Waals surface area contributed by atoms with E-state index in [1.807, 2.05) is 53.2 Å². The number of hydrogen-bond acceptors (Lipinski definition) is 3. The minimum Gasteiger partial charge on any atom is -0.399 e. The molecule has 0 radical (unpaired) electrons. The Balaban J connectivity index is 1.73. The molecule has 0 bridgehead atoms. The molecule has 4 N–H and O–H groups in total. The number of rotatable bonds is 6. The summed E-state index contributed by atoms with van der Waals surface area (Å²) in [7, 11) is 0. The van der Waals surface area contributed by atoms with Gasteiger partial charge in [-0.3, -0.25) is 0 Å². The Hall–Kier alpha value is -3.79. The minimum absolute atomic E-state index is 0.737. The summed E-state index contributed by atoms with van der Waals surface area (Å²) in [6.45, 7) is 2.20. The summed E-state index contributed by atoms with van der Waals surface area (Å²) in [5, 5.41) is 4.89. The van der Waals surface area contributed by atoms with Crippen molar-refractivity contribution in [3.63, 3.8) is 0 Å². The maximum atomic E-state index is 5.84. The highest BCUT2D eigenvalue weighted by Gasteiger charge is 2.11. The van der Waals surface area contributed by atoms with Crippen LogP contribution in [0.25, 0.3) is 29.1 Å². The van der Waals surface area contributed by atoms with Gasteiger partial charge in [-0.2, -0.15) is 5.10 Å². The normalized spacial score (nSPS) is 11.2. The number of aryl methyl sites for hydroxylation is 1. The zero-order chi connectivity index (χ0) is 20.9.